The summed E-state index contributed by atoms with van der Waals surface area (Å²) in [4.78, 5) is 4.17. The van der Waals surface area contributed by atoms with E-state index in [1.807, 2.05) is 18.2 Å². The SMILES string of the molecule is CN=C(NCc1ccc(OC)cc1OC(F)F)NCC(C)c1ccccc1. The molecular weight excluding hydrogens is 352 g/mol. The van der Waals surface area contributed by atoms with Crippen LogP contribution in [0.2, 0.25) is 0 Å². The molecule has 2 rings (SSSR count). The van der Waals surface area contributed by atoms with Gasteiger partial charge < -0.3 is 20.1 Å². The fourth-order valence-corrected chi connectivity index (χ4v) is 2.56. The van der Waals surface area contributed by atoms with Gasteiger partial charge in [0.05, 0.1) is 7.11 Å². The molecule has 0 aliphatic rings. The third kappa shape index (κ3) is 6.44. The van der Waals surface area contributed by atoms with Crippen LogP contribution in [0.5, 0.6) is 11.5 Å². The number of rotatable bonds is 8. The van der Waals surface area contributed by atoms with Crippen LogP contribution in [0.25, 0.3) is 0 Å². The summed E-state index contributed by atoms with van der Waals surface area (Å²) in [6, 6.07) is 15.0. The van der Waals surface area contributed by atoms with Crippen LogP contribution >= 0.6 is 0 Å². The molecule has 0 amide bonds. The van der Waals surface area contributed by atoms with E-state index in [9.17, 15) is 8.78 Å². The third-order valence-corrected chi connectivity index (χ3v) is 4.10. The fraction of sp³-hybridized carbons (Fsp3) is 0.350. The van der Waals surface area contributed by atoms with Crippen molar-refractivity contribution in [3.8, 4) is 11.5 Å². The van der Waals surface area contributed by atoms with Crippen LogP contribution < -0.4 is 20.1 Å². The van der Waals surface area contributed by atoms with E-state index in [2.05, 4.69) is 39.4 Å². The lowest BCUT2D eigenvalue weighted by molar-refractivity contribution is -0.0505. The molecule has 1 unspecified atom stereocenters. The van der Waals surface area contributed by atoms with Gasteiger partial charge in [0.25, 0.3) is 0 Å². The van der Waals surface area contributed by atoms with Crippen molar-refractivity contribution in [2.45, 2.75) is 26.0 Å². The number of benzene rings is 2. The predicted octanol–water partition coefficient (Wildman–Crippen LogP) is 3.77. The predicted molar refractivity (Wildman–Crippen MR) is 103 cm³/mol. The number of nitrogens with zero attached hydrogens (tertiary/aromatic N) is 1. The molecule has 0 aliphatic carbocycles. The van der Waals surface area contributed by atoms with E-state index in [1.165, 1.54) is 18.7 Å². The first-order chi connectivity index (χ1) is 13.0. The van der Waals surface area contributed by atoms with Crippen LogP contribution in [0.15, 0.2) is 53.5 Å². The molecule has 0 fully saturated rings. The minimum absolute atomic E-state index is 0.0740. The summed E-state index contributed by atoms with van der Waals surface area (Å²) >= 11 is 0. The Bertz CT molecular complexity index is 739. The van der Waals surface area contributed by atoms with E-state index in [1.54, 1.807) is 19.2 Å². The van der Waals surface area contributed by atoms with Crippen molar-refractivity contribution in [2.75, 3.05) is 20.7 Å². The largest absolute Gasteiger partial charge is 0.497 e. The molecule has 0 spiro atoms. The second-order valence-corrected chi connectivity index (χ2v) is 5.97. The number of nitrogens with one attached hydrogen (secondary N) is 2. The molecule has 2 aromatic rings. The number of hydrogen-bond donors (Lipinski definition) is 2. The summed E-state index contributed by atoms with van der Waals surface area (Å²) < 4.78 is 35.0. The van der Waals surface area contributed by atoms with Gasteiger partial charge in [0.15, 0.2) is 5.96 Å². The molecule has 0 radical (unpaired) electrons. The molecule has 0 saturated carbocycles. The van der Waals surface area contributed by atoms with E-state index >= 15 is 0 Å². The lowest BCUT2D eigenvalue weighted by Gasteiger charge is -2.17. The summed E-state index contributed by atoms with van der Waals surface area (Å²) in [6.45, 7) is 0.186. The Morgan fingerprint density at radius 1 is 1.11 bits per heavy atom. The molecule has 5 nitrogen and oxygen atoms in total. The normalized spacial score (nSPS) is 12.6. The molecule has 0 aliphatic heterocycles. The van der Waals surface area contributed by atoms with E-state index < -0.39 is 6.61 Å². The van der Waals surface area contributed by atoms with Crippen molar-refractivity contribution in [3.05, 3.63) is 59.7 Å². The maximum absolute atomic E-state index is 12.7. The first-order valence-electron chi connectivity index (χ1n) is 8.64. The minimum Gasteiger partial charge on any atom is -0.497 e. The van der Waals surface area contributed by atoms with Gasteiger partial charge in [-0.15, -0.1) is 0 Å². The van der Waals surface area contributed by atoms with Crippen molar-refractivity contribution < 1.29 is 18.3 Å². The van der Waals surface area contributed by atoms with Gasteiger partial charge in [0, 0.05) is 31.8 Å². The van der Waals surface area contributed by atoms with Gasteiger partial charge >= 0.3 is 6.61 Å². The smallest absolute Gasteiger partial charge is 0.387 e. The summed E-state index contributed by atoms with van der Waals surface area (Å²) in [5, 5.41) is 6.36. The molecule has 146 valence electrons. The molecular formula is C20H25F2N3O2. The molecule has 2 aromatic carbocycles. The Kier molecular flexibility index (Phi) is 7.85. The summed E-state index contributed by atoms with van der Waals surface area (Å²) in [5.74, 6) is 1.40. The first kappa shape index (κ1) is 20.5. The lowest BCUT2D eigenvalue weighted by atomic mass is 10.0. The van der Waals surface area contributed by atoms with Crippen molar-refractivity contribution in [1.82, 2.24) is 10.6 Å². The van der Waals surface area contributed by atoms with Gasteiger partial charge in [-0.1, -0.05) is 37.3 Å². The van der Waals surface area contributed by atoms with E-state index in [-0.39, 0.29) is 12.3 Å². The van der Waals surface area contributed by atoms with Crippen molar-refractivity contribution in [1.29, 1.82) is 0 Å². The molecule has 7 heteroatoms. The molecule has 0 aromatic heterocycles. The van der Waals surface area contributed by atoms with Crippen LogP contribution in [0.4, 0.5) is 8.78 Å². The Labute approximate surface area is 158 Å². The lowest BCUT2D eigenvalue weighted by Crippen LogP contribution is -2.38. The summed E-state index contributed by atoms with van der Waals surface area (Å²) in [7, 11) is 3.13. The van der Waals surface area contributed by atoms with Gasteiger partial charge in [-0.2, -0.15) is 8.78 Å². The van der Waals surface area contributed by atoms with Gasteiger partial charge in [-0.3, -0.25) is 4.99 Å². The first-order valence-corrected chi connectivity index (χ1v) is 8.64. The maximum atomic E-state index is 12.7. The van der Waals surface area contributed by atoms with Crippen LogP contribution in [0.1, 0.15) is 24.0 Å². The van der Waals surface area contributed by atoms with Gasteiger partial charge in [-0.05, 0) is 23.6 Å². The molecule has 0 heterocycles. The van der Waals surface area contributed by atoms with Gasteiger partial charge in [0.1, 0.15) is 11.5 Å². The zero-order chi connectivity index (χ0) is 19.6. The minimum atomic E-state index is -2.90. The number of methoxy groups -OCH3 is 1. The zero-order valence-electron chi connectivity index (χ0n) is 15.7. The van der Waals surface area contributed by atoms with Crippen LogP contribution in [0, 0.1) is 0 Å². The molecule has 27 heavy (non-hydrogen) atoms. The highest BCUT2D eigenvalue weighted by atomic mass is 19.3. The number of guanidine groups is 1. The molecule has 0 saturated heterocycles. The monoisotopic (exact) mass is 377 g/mol. The standard InChI is InChI=1S/C20H25F2N3O2/c1-14(15-7-5-4-6-8-15)12-24-20(23-2)25-13-16-9-10-17(26-3)11-18(16)27-19(21)22/h4-11,14,19H,12-13H2,1-3H3,(H2,23,24,25). The number of halogens is 2. The Morgan fingerprint density at radius 2 is 1.85 bits per heavy atom. The molecule has 0 bridgehead atoms. The number of alkyl halides is 2. The second-order valence-electron chi connectivity index (χ2n) is 5.97. The maximum Gasteiger partial charge on any atom is 0.387 e. The Hall–Kier alpha value is -2.83. The Morgan fingerprint density at radius 3 is 2.48 bits per heavy atom. The van der Waals surface area contributed by atoms with Crippen molar-refractivity contribution in [2.24, 2.45) is 4.99 Å². The third-order valence-electron chi connectivity index (χ3n) is 4.10. The fourth-order valence-electron chi connectivity index (χ4n) is 2.56. The summed E-state index contributed by atoms with van der Waals surface area (Å²) in [6.07, 6.45) is 0. The molecule has 1 atom stereocenters. The van der Waals surface area contributed by atoms with Gasteiger partial charge in [-0.25, -0.2) is 0 Å². The van der Waals surface area contributed by atoms with Crippen LogP contribution in [0.3, 0.4) is 0 Å². The van der Waals surface area contributed by atoms with E-state index in [0.29, 0.717) is 29.7 Å². The van der Waals surface area contributed by atoms with Crippen LogP contribution in [-0.4, -0.2) is 33.3 Å². The van der Waals surface area contributed by atoms with Gasteiger partial charge in [0.2, 0.25) is 0 Å². The average Bonchev–Trinajstić information content (AvgIpc) is 2.68. The second kappa shape index (κ2) is 10.4. The summed E-state index contributed by atoms with van der Waals surface area (Å²) in [5.41, 5.74) is 1.80. The zero-order valence-corrected chi connectivity index (χ0v) is 15.7. The van der Waals surface area contributed by atoms with Crippen LogP contribution in [-0.2, 0) is 6.54 Å². The molecule has 2 N–H and O–H groups in total. The van der Waals surface area contributed by atoms with E-state index in [4.69, 9.17) is 4.74 Å². The average molecular weight is 377 g/mol. The van der Waals surface area contributed by atoms with E-state index in [0.717, 1.165) is 0 Å². The van der Waals surface area contributed by atoms with Crippen molar-refractivity contribution in [3.63, 3.8) is 0 Å². The highest BCUT2D eigenvalue weighted by Crippen LogP contribution is 2.26. The number of ether oxygens (including phenoxy) is 2. The topological polar surface area (TPSA) is 54.9 Å². The number of hydrogen-bond acceptors (Lipinski definition) is 3. The highest BCUT2D eigenvalue weighted by molar-refractivity contribution is 5.79. The van der Waals surface area contributed by atoms with Crippen molar-refractivity contribution >= 4 is 5.96 Å². The highest BCUT2D eigenvalue weighted by Gasteiger charge is 2.12. The number of aliphatic imine (C=N–C) groups is 1. The Balaban J connectivity index is 1.95. The quantitative estimate of drug-likeness (QED) is 0.543.